The normalized spacial score (nSPS) is 16.0. The second-order valence-electron chi connectivity index (χ2n) is 6.49. The summed E-state index contributed by atoms with van der Waals surface area (Å²) in [5.74, 6) is 0.639. The maximum atomic E-state index is 12.6. The van der Waals surface area contributed by atoms with E-state index in [9.17, 15) is 13.2 Å². The van der Waals surface area contributed by atoms with Crippen LogP contribution >= 0.6 is 0 Å². The van der Waals surface area contributed by atoms with E-state index in [1.165, 1.54) is 9.87 Å². The minimum Gasteiger partial charge on any atom is -0.454 e. The van der Waals surface area contributed by atoms with Crippen molar-refractivity contribution < 1.29 is 22.7 Å². The van der Waals surface area contributed by atoms with Crippen molar-refractivity contribution in [3.8, 4) is 11.5 Å². The molecule has 0 radical (unpaired) electrons. The fourth-order valence-electron chi connectivity index (χ4n) is 3.27. The lowest BCUT2D eigenvalue weighted by atomic mass is 10.0. The molecule has 142 valence electrons. The summed E-state index contributed by atoms with van der Waals surface area (Å²) in [7, 11) is -3.44. The average Bonchev–Trinajstić information content (AvgIpc) is 3.15. The van der Waals surface area contributed by atoms with Gasteiger partial charge >= 0.3 is 0 Å². The molecule has 2 aromatic carbocycles. The minimum absolute atomic E-state index is 0.0494. The van der Waals surface area contributed by atoms with Gasteiger partial charge < -0.3 is 14.8 Å². The molecular formula is C19H20N2O5S. The number of carbonyl (C=O) groups is 1. The van der Waals surface area contributed by atoms with Gasteiger partial charge in [-0.05, 0) is 35.7 Å². The van der Waals surface area contributed by atoms with Gasteiger partial charge in [-0.3, -0.25) is 4.79 Å². The van der Waals surface area contributed by atoms with Gasteiger partial charge in [-0.2, -0.15) is 4.31 Å². The highest BCUT2D eigenvalue weighted by Gasteiger charge is 2.26. The summed E-state index contributed by atoms with van der Waals surface area (Å²) in [5, 5.41) is 2.66. The first-order chi connectivity index (χ1) is 13.0. The van der Waals surface area contributed by atoms with Crippen molar-refractivity contribution in [2.75, 3.05) is 25.6 Å². The Hall–Kier alpha value is -2.58. The zero-order valence-electron chi connectivity index (χ0n) is 14.7. The van der Waals surface area contributed by atoms with Gasteiger partial charge in [0.1, 0.15) is 0 Å². The summed E-state index contributed by atoms with van der Waals surface area (Å²) in [5.41, 5.74) is 2.64. The molecule has 0 saturated heterocycles. The van der Waals surface area contributed by atoms with Crippen LogP contribution in [0.1, 0.15) is 21.5 Å². The average molecular weight is 388 g/mol. The molecule has 1 N–H and O–H groups in total. The van der Waals surface area contributed by atoms with E-state index in [1.807, 2.05) is 24.3 Å². The lowest BCUT2D eigenvalue weighted by molar-refractivity contribution is 0.0955. The first kappa shape index (κ1) is 17.8. The largest absolute Gasteiger partial charge is 0.454 e. The van der Waals surface area contributed by atoms with Gasteiger partial charge in [-0.15, -0.1) is 0 Å². The number of hydrogen-bond donors (Lipinski definition) is 1. The third-order valence-corrected chi connectivity index (χ3v) is 6.59. The van der Waals surface area contributed by atoms with Crippen LogP contribution in [0.5, 0.6) is 11.5 Å². The Morgan fingerprint density at radius 1 is 1.07 bits per heavy atom. The lowest BCUT2D eigenvalue weighted by Crippen LogP contribution is -2.40. The molecule has 2 aliphatic heterocycles. The SMILES string of the molecule is O=C(NCCS(=O)(=O)N1CCc2ccccc2C1)c1ccc2c(c1)OCO2. The Kier molecular flexibility index (Phi) is 4.75. The molecule has 0 spiro atoms. The highest BCUT2D eigenvalue weighted by atomic mass is 32.2. The van der Waals surface area contributed by atoms with E-state index in [4.69, 9.17) is 9.47 Å². The standard InChI is InChI=1S/C19H20N2O5S/c22-19(15-5-6-17-18(11-15)26-13-25-17)20-8-10-27(23,24)21-9-7-14-3-1-2-4-16(14)12-21/h1-6,11H,7-10,12-13H2,(H,20,22). The molecular weight excluding hydrogens is 368 g/mol. The Bertz CT molecular complexity index is 974. The van der Waals surface area contributed by atoms with Crippen LogP contribution in [0, 0.1) is 0 Å². The molecule has 27 heavy (non-hydrogen) atoms. The third-order valence-electron chi connectivity index (χ3n) is 4.77. The summed E-state index contributed by atoms with van der Waals surface area (Å²) in [6.45, 7) is 1.04. The molecule has 4 rings (SSSR count). The van der Waals surface area contributed by atoms with E-state index >= 15 is 0 Å². The Labute approximate surface area is 157 Å². The molecule has 2 heterocycles. The summed E-state index contributed by atoms with van der Waals surface area (Å²) in [6, 6.07) is 12.8. The van der Waals surface area contributed by atoms with Crippen LogP contribution in [0.15, 0.2) is 42.5 Å². The van der Waals surface area contributed by atoms with Crippen LogP contribution in [-0.4, -0.2) is 44.3 Å². The number of carbonyl (C=O) groups excluding carboxylic acids is 1. The number of nitrogens with zero attached hydrogens (tertiary/aromatic N) is 1. The maximum absolute atomic E-state index is 12.6. The first-order valence-corrected chi connectivity index (χ1v) is 10.4. The molecule has 0 aromatic heterocycles. The zero-order chi connectivity index (χ0) is 18.9. The summed E-state index contributed by atoms with van der Waals surface area (Å²) < 4.78 is 37.2. The highest BCUT2D eigenvalue weighted by molar-refractivity contribution is 7.89. The fraction of sp³-hybridized carbons (Fsp3) is 0.316. The summed E-state index contributed by atoms with van der Waals surface area (Å²) >= 11 is 0. The number of nitrogens with one attached hydrogen (secondary N) is 1. The smallest absolute Gasteiger partial charge is 0.251 e. The van der Waals surface area contributed by atoms with Gasteiger partial charge in [0.2, 0.25) is 16.8 Å². The van der Waals surface area contributed by atoms with Crippen molar-refractivity contribution >= 4 is 15.9 Å². The predicted molar refractivity (Wildman–Crippen MR) is 99.2 cm³/mol. The minimum atomic E-state index is -3.44. The van der Waals surface area contributed by atoms with Gasteiger partial charge in [0.15, 0.2) is 11.5 Å². The topological polar surface area (TPSA) is 84.9 Å². The van der Waals surface area contributed by atoms with Gasteiger partial charge in [0, 0.05) is 25.2 Å². The Morgan fingerprint density at radius 3 is 2.70 bits per heavy atom. The number of sulfonamides is 1. The molecule has 2 aromatic rings. The monoisotopic (exact) mass is 388 g/mol. The molecule has 0 fully saturated rings. The quantitative estimate of drug-likeness (QED) is 0.840. The number of benzene rings is 2. The molecule has 0 unspecified atom stereocenters. The van der Waals surface area contributed by atoms with Gasteiger partial charge in [-0.1, -0.05) is 24.3 Å². The van der Waals surface area contributed by atoms with Crippen molar-refractivity contribution in [2.45, 2.75) is 13.0 Å². The number of amides is 1. The van der Waals surface area contributed by atoms with Crippen LogP contribution in [0.25, 0.3) is 0 Å². The summed E-state index contributed by atoms with van der Waals surface area (Å²) in [6.07, 6.45) is 0.707. The van der Waals surface area contributed by atoms with Gasteiger partial charge in [0.05, 0.1) is 5.75 Å². The number of ether oxygens (including phenoxy) is 2. The molecule has 2 aliphatic rings. The Balaban J connectivity index is 1.34. The predicted octanol–water partition coefficient (Wildman–Crippen LogP) is 1.53. The highest BCUT2D eigenvalue weighted by Crippen LogP contribution is 2.32. The van der Waals surface area contributed by atoms with Crippen LogP contribution < -0.4 is 14.8 Å². The zero-order valence-corrected chi connectivity index (χ0v) is 15.5. The lowest BCUT2D eigenvalue weighted by Gasteiger charge is -2.28. The van der Waals surface area contributed by atoms with Crippen LogP contribution in [0.3, 0.4) is 0 Å². The van der Waals surface area contributed by atoms with Crippen molar-refractivity contribution in [1.82, 2.24) is 9.62 Å². The van der Waals surface area contributed by atoms with E-state index in [2.05, 4.69) is 5.32 Å². The number of hydrogen-bond acceptors (Lipinski definition) is 5. The number of fused-ring (bicyclic) bond motifs is 2. The van der Waals surface area contributed by atoms with Crippen LogP contribution in [0.4, 0.5) is 0 Å². The van der Waals surface area contributed by atoms with E-state index in [0.29, 0.717) is 36.6 Å². The van der Waals surface area contributed by atoms with Crippen LogP contribution in [0.2, 0.25) is 0 Å². The first-order valence-electron chi connectivity index (χ1n) is 8.75. The molecule has 0 atom stereocenters. The van der Waals surface area contributed by atoms with E-state index < -0.39 is 10.0 Å². The molecule has 8 heteroatoms. The van der Waals surface area contributed by atoms with Gasteiger partial charge in [0.25, 0.3) is 5.91 Å². The molecule has 0 bridgehead atoms. The van der Waals surface area contributed by atoms with Crippen molar-refractivity contribution in [3.05, 3.63) is 59.2 Å². The maximum Gasteiger partial charge on any atom is 0.251 e. The molecule has 1 amide bonds. The summed E-state index contributed by atoms with van der Waals surface area (Å²) in [4.78, 5) is 12.3. The Morgan fingerprint density at radius 2 is 1.85 bits per heavy atom. The van der Waals surface area contributed by atoms with E-state index in [1.54, 1.807) is 18.2 Å². The molecule has 0 aliphatic carbocycles. The van der Waals surface area contributed by atoms with Crippen molar-refractivity contribution in [1.29, 1.82) is 0 Å². The molecule has 0 saturated carbocycles. The van der Waals surface area contributed by atoms with Crippen molar-refractivity contribution in [3.63, 3.8) is 0 Å². The van der Waals surface area contributed by atoms with Gasteiger partial charge in [-0.25, -0.2) is 8.42 Å². The number of rotatable bonds is 5. The fourth-order valence-corrected chi connectivity index (χ4v) is 4.59. The third kappa shape index (κ3) is 3.77. The van der Waals surface area contributed by atoms with E-state index in [-0.39, 0.29) is 25.0 Å². The second kappa shape index (κ2) is 7.21. The van der Waals surface area contributed by atoms with E-state index in [0.717, 1.165) is 5.56 Å². The molecule has 7 nitrogen and oxygen atoms in total. The van der Waals surface area contributed by atoms with Crippen LogP contribution in [-0.2, 0) is 23.0 Å². The van der Waals surface area contributed by atoms with Crippen molar-refractivity contribution in [2.24, 2.45) is 0 Å². The second-order valence-corrected chi connectivity index (χ2v) is 8.58.